The third-order valence-electron chi connectivity index (χ3n) is 4.19. The van der Waals surface area contributed by atoms with E-state index in [1.165, 1.54) is 24.8 Å². The number of hydrogen-bond acceptors (Lipinski definition) is 1. The average molecular weight is 334 g/mol. The summed E-state index contributed by atoms with van der Waals surface area (Å²) in [7, 11) is 0. The van der Waals surface area contributed by atoms with Gasteiger partial charge in [-0.1, -0.05) is 42.8 Å². The van der Waals surface area contributed by atoms with E-state index in [2.05, 4.69) is 28.1 Å². The van der Waals surface area contributed by atoms with E-state index in [0.717, 1.165) is 5.56 Å². The van der Waals surface area contributed by atoms with Crippen LogP contribution in [-0.4, -0.2) is 0 Å². The Kier molecular flexibility index (Phi) is 3.90. The lowest BCUT2D eigenvalue weighted by molar-refractivity contribution is 0.419. The molecule has 20 heavy (non-hydrogen) atoms. The van der Waals surface area contributed by atoms with Crippen molar-refractivity contribution in [1.29, 1.82) is 0 Å². The summed E-state index contributed by atoms with van der Waals surface area (Å²) in [5.41, 5.74) is 9.05. The Bertz CT molecular complexity index is 605. The Balaban J connectivity index is 1.86. The maximum Gasteiger partial charge on any atom is 0.142 e. The molecule has 0 radical (unpaired) electrons. The molecule has 0 bridgehead atoms. The Hall–Kier alpha value is -1.19. The highest BCUT2D eigenvalue weighted by atomic mass is 79.9. The molecule has 1 unspecified atom stereocenters. The van der Waals surface area contributed by atoms with Crippen molar-refractivity contribution in [3.8, 4) is 0 Å². The van der Waals surface area contributed by atoms with Gasteiger partial charge in [0.2, 0.25) is 0 Å². The van der Waals surface area contributed by atoms with E-state index in [0.29, 0.717) is 16.0 Å². The van der Waals surface area contributed by atoms with Crippen molar-refractivity contribution in [3.05, 3.63) is 69.4 Å². The van der Waals surface area contributed by atoms with Crippen LogP contribution >= 0.6 is 15.9 Å². The van der Waals surface area contributed by atoms with Crippen LogP contribution in [0.1, 0.15) is 47.9 Å². The van der Waals surface area contributed by atoms with Crippen molar-refractivity contribution in [2.75, 3.05) is 0 Å². The van der Waals surface area contributed by atoms with Gasteiger partial charge in [0.05, 0.1) is 10.5 Å². The number of hydrogen-bond donors (Lipinski definition) is 1. The Morgan fingerprint density at radius 3 is 2.40 bits per heavy atom. The van der Waals surface area contributed by atoms with E-state index in [-0.39, 0.29) is 5.82 Å². The maximum atomic E-state index is 14.1. The van der Waals surface area contributed by atoms with Gasteiger partial charge in [0.25, 0.3) is 0 Å². The fraction of sp³-hybridized carbons (Fsp3) is 0.294. The summed E-state index contributed by atoms with van der Waals surface area (Å²) in [5, 5.41) is 0. The van der Waals surface area contributed by atoms with Gasteiger partial charge >= 0.3 is 0 Å². The summed E-state index contributed by atoms with van der Waals surface area (Å²) in [4.78, 5) is 0. The zero-order chi connectivity index (χ0) is 14.1. The fourth-order valence-corrected chi connectivity index (χ4v) is 3.04. The molecule has 3 heteroatoms. The van der Waals surface area contributed by atoms with E-state index < -0.39 is 6.04 Å². The summed E-state index contributed by atoms with van der Waals surface area (Å²) in [6.45, 7) is 0. The molecule has 1 atom stereocenters. The van der Waals surface area contributed by atoms with Gasteiger partial charge in [-0.25, -0.2) is 4.39 Å². The van der Waals surface area contributed by atoms with E-state index >= 15 is 0 Å². The molecule has 0 aliphatic heterocycles. The summed E-state index contributed by atoms with van der Waals surface area (Å²) >= 11 is 3.20. The SMILES string of the molecule is NC(c1ccc(C2CCC2)cc1)c1cccc(Br)c1F. The average Bonchev–Trinajstić information content (AvgIpc) is 2.40. The van der Waals surface area contributed by atoms with E-state index in [4.69, 9.17) is 5.73 Å². The monoisotopic (exact) mass is 333 g/mol. The Morgan fingerprint density at radius 1 is 1.10 bits per heavy atom. The highest BCUT2D eigenvalue weighted by Crippen LogP contribution is 2.36. The lowest BCUT2D eigenvalue weighted by Gasteiger charge is -2.26. The van der Waals surface area contributed by atoms with Gasteiger partial charge in [-0.15, -0.1) is 0 Å². The van der Waals surface area contributed by atoms with Gasteiger partial charge in [-0.2, -0.15) is 0 Å². The van der Waals surface area contributed by atoms with Gasteiger partial charge in [0, 0.05) is 5.56 Å². The minimum Gasteiger partial charge on any atom is -0.320 e. The standard InChI is InChI=1S/C17H17BrFN/c18-15-6-2-5-14(16(15)19)17(20)13-9-7-12(8-10-13)11-3-1-4-11/h2,5-11,17H,1,3-4,20H2. The molecule has 0 aromatic heterocycles. The third-order valence-corrected chi connectivity index (χ3v) is 4.80. The Morgan fingerprint density at radius 2 is 1.80 bits per heavy atom. The van der Waals surface area contributed by atoms with Gasteiger partial charge in [0.1, 0.15) is 5.82 Å². The van der Waals surface area contributed by atoms with Crippen molar-refractivity contribution < 1.29 is 4.39 Å². The van der Waals surface area contributed by atoms with E-state index in [1.807, 2.05) is 18.2 Å². The number of halogens is 2. The molecule has 0 spiro atoms. The first-order chi connectivity index (χ1) is 9.66. The molecular formula is C17H17BrFN. The quantitative estimate of drug-likeness (QED) is 0.848. The number of nitrogens with two attached hydrogens (primary N) is 1. The molecule has 1 fully saturated rings. The summed E-state index contributed by atoms with van der Waals surface area (Å²) in [5.74, 6) is 0.436. The molecule has 1 nitrogen and oxygen atoms in total. The molecule has 0 heterocycles. The van der Waals surface area contributed by atoms with Crippen LogP contribution in [0.25, 0.3) is 0 Å². The predicted molar refractivity (Wildman–Crippen MR) is 83.2 cm³/mol. The van der Waals surface area contributed by atoms with Crippen LogP contribution < -0.4 is 5.73 Å². The van der Waals surface area contributed by atoms with Crippen LogP contribution in [0.2, 0.25) is 0 Å². The molecule has 1 aliphatic rings. The predicted octanol–water partition coefficient (Wildman–Crippen LogP) is 4.90. The van der Waals surface area contributed by atoms with Gasteiger partial charge in [-0.3, -0.25) is 0 Å². The second-order valence-electron chi connectivity index (χ2n) is 5.42. The molecular weight excluding hydrogens is 317 g/mol. The molecule has 2 aromatic carbocycles. The van der Waals surface area contributed by atoms with Crippen molar-refractivity contribution in [2.24, 2.45) is 5.73 Å². The van der Waals surface area contributed by atoms with Crippen molar-refractivity contribution >= 4 is 15.9 Å². The van der Waals surface area contributed by atoms with Crippen molar-refractivity contribution in [1.82, 2.24) is 0 Å². The molecule has 2 aromatic rings. The zero-order valence-electron chi connectivity index (χ0n) is 11.2. The summed E-state index contributed by atoms with van der Waals surface area (Å²) in [6, 6.07) is 13.1. The van der Waals surface area contributed by atoms with Crippen LogP contribution in [0.5, 0.6) is 0 Å². The van der Waals surface area contributed by atoms with Crippen LogP contribution in [0, 0.1) is 5.82 Å². The third kappa shape index (κ3) is 2.52. The molecule has 1 saturated carbocycles. The lowest BCUT2D eigenvalue weighted by atomic mass is 9.79. The summed E-state index contributed by atoms with van der Waals surface area (Å²) < 4.78 is 14.5. The van der Waals surface area contributed by atoms with Gasteiger partial charge in [0.15, 0.2) is 0 Å². The normalized spacial score (nSPS) is 16.8. The molecule has 104 valence electrons. The Labute approximate surface area is 127 Å². The highest BCUT2D eigenvalue weighted by Gasteiger charge is 2.20. The molecule has 0 amide bonds. The number of benzene rings is 2. The largest absolute Gasteiger partial charge is 0.320 e. The second kappa shape index (κ2) is 5.66. The molecule has 2 N–H and O–H groups in total. The molecule has 3 rings (SSSR count). The molecule has 0 saturated heterocycles. The van der Waals surface area contributed by atoms with Crippen LogP contribution in [-0.2, 0) is 0 Å². The summed E-state index contributed by atoms with van der Waals surface area (Å²) in [6.07, 6.45) is 3.90. The minimum absolute atomic E-state index is 0.275. The number of rotatable bonds is 3. The second-order valence-corrected chi connectivity index (χ2v) is 6.27. The fourth-order valence-electron chi connectivity index (χ4n) is 2.66. The van der Waals surface area contributed by atoms with Crippen molar-refractivity contribution in [3.63, 3.8) is 0 Å². The van der Waals surface area contributed by atoms with Crippen LogP contribution in [0.3, 0.4) is 0 Å². The first kappa shape index (κ1) is 13.8. The van der Waals surface area contributed by atoms with Crippen LogP contribution in [0.15, 0.2) is 46.9 Å². The first-order valence-corrected chi connectivity index (χ1v) is 7.75. The zero-order valence-corrected chi connectivity index (χ0v) is 12.7. The minimum atomic E-state index is -0.428. The first-order valence-electron chi connectivity index (χ1n) is 6.96. The van der Waals surface area contributed by atoms with Crippen LogP contribution in [0.4, 0.5) is 4.39 Å². The lowest BCUT2D eigenvalue weighted by Crippen LogP contribution is -2.14. The van der Waals surface area contributed by atoms with E-state index in [9.17, 15) is 4.39 Å². The van der Waals surface area contributed by atoms with Crippen molar-refractivity contribution in [2.45, 2.75) is 31.2 Å². The molecule has 1 aliphatic carbocycles. The van der Waals surface area contributed by atoms with E-state index in [1.54, 1.807) is 12.1 Å². The topological polar surface area (TPSA) is 26.0 Å². The highest BCUT2D eigenvalue weighted by molar-refractivity contribution is 9.10. The van der Waals surface area contributed by atoms with Gasteiger partial charge in [-0.05, 0) is 51.9 Å². The smallest absolute Gasteiger partial charge is 0.142 e. The van der Waals surface area contributed by atoms with Gasteiger partial charge < -0.3 is 5.73 Å². The maximum absolute atomic E-state index is 14.1.